The van der Waals surface area contributed by atoms with E-state index in [-0.39, 0.29) is 6.61 Å². The lowest BCUT2D eigenvalue weighted by molar-refractivity contribution is 0.0470. The lowest BCUT2D eigenvalue weighted by atomic mass is 10.1. The number of amides is 1. The van der Waals surface area contributed by atoms with Gasteiger partial charge in [0.05, 0.1) is 5.56 Å². The molecule has 0 atom stereocenters. The van der Waals surface area contributed by atoms with Gasteiger partial charge < -0.3 is 16.2 Å². The number of primary amides is 1. The highest BCUT2D eigenvalue weighted by atomic mass is 16.5. The molecule has 2 rings (SSSR count). The number of carbonyl (C=O) groups is 2. The SMILES string of the molecule is NC(=O)c1ccccc1COC(=O)c1cccc(N)c1. The summed E-state index contributed by atoms with van der Waals surface area (Å²) in [5, 5.41) is 0. The van der Waals surface area contributed by atoms with Gasteiger partial charge in [0.15, 0.2) is 0 Å². The second-order valence-corrected chi connectivity index (χ2v) is 4.22. The van der Waals surface area contributed by atoms with Crippen LogP contribution in [0.2, 0.25) is 0 Å². The van der Waals surface area contributed by atoms with E-state index >= 15 is 0 Å². The zero-order valence-corrected chi connectivity index (χ0v) is 10.7. The Morgan fingerprint density at radius 3 is 2.50 bits per heavy atom. The number of benzene rings is 2. The Morgan fingerprint density at radius 2 is 1.80 bits per heavy atom. The van der Waals surface area contributed by atoms with Crippen LogP contribution in [-0.2, 0) is 11.3 Å². The highest BCUT2D eigenvalue weighted by Gasteiger charge is 2.11. The van der Waals surface area contributed by atoms with Gasteiger partial charge in [0.25, 0.3) is 0 Å². The van der Waals surface area contributed by atoms with E-state index < -0.39 is 11.9 Å². The summed E-state index contributed by atoms with van der Waals surface area (Å²) in [6.45, 7) is -0.0211. The molecule has 0 fully saturated rings. The van der Waals surface area contributed by atoms with Gasteiger partial charge in [-0.05, 0) is 24.3 Å². The normalized spacial score (nSPS) is 10.0. The molecule has 0 aliphatic heterocycles. The Labute approximate surface area is 116 Å². The molecule has 0 saturated heterocycles. The van der Waals surface area contributed by atoms with Crippen LogP contribution in [-0.4, -0.2) is 11.9 Å². The van der Waals surface area contributed by atoms with Gasteiger partial charge in [0.1, 0.15) is 6.61 Å². The smallest absolute Gasteiger partial charge is 0.338 e. The fourth-order valence-electron chi connectivity index (χ4n) is 1.78. The number of ether oxygens (including phenoxy) is 1. The summed E-state index contributed by atoms with van der Waals surface area (Å²) < 4.78 is 5.16. The van der Waals surface area contributed by atoms with E-state index in [9.17, 15) is 9.59 Å². The fourth-order valence-corrected chi connectivity index (χ4v) is 1.78. The van der Waals surface area contributed by atoms with Gasteiger partial charge in [-0.2, -0.15) is 0 Å². The highest BCUT2D eigenvalue weighted by molar-refractivity contribution is 5.94. The summed E-state index contributed by atoms with van der Waals surface area (Å²) in [5.74, 6) is -1.06. The first-order valence-corrected chi connectivity index (χ1v) is 5.98. The molecule has 0 unspecified atom stereocenters. The summed E-state index contributed by atoms with van der Waals surface area (Å²) in [6.07, 6.45) is 0. The van der Waals surface area contributed by atoms with Gasteiger partial charge in [-0.15, -0.1) is 0 Å². The third-order valence-electron chi connectivity index (χ3n) is 2.76. The fraction of sp³-hybridized carbons (Fsp3) is 0.0667. The molecular formula is C15H14N2O3. The largest absolute Gasteiger partial charge is 0.457 e. The molecule has 5 heteroatoms. The van der Waals surface area contributed by atoms with Crippen molar-refractivity contribution in [1.82, 2.24) is 0 Å². The Kier molecular flexibility index (Phi) is 4.00. The highest BCUT2D eigenvalue weighted by Crippen LogP contribution is 2.12. The topological polar surface area (TPSA) is 95.4 Å². The minimum atomic E-state index is -0.555. The van der Waals surface area contributed by atoms with Crippen molar-refractivity contribution in [2.24, 2.45) is 5.73 Å². The van der Waals surface area contributed by atoms with Gasteiger partial charge in [-0.1, -0.05) is 24.3 Å². The Morgan fingerprint density at radius 1 is 1.05 bits per heavy atom. The lowest BCUT2D eigenvalue weighted by Crippen LogP contribution is -2.15. The van der Waals surface area contributed by atoms with Gasteiger partial charge in [-0.25, -0.2) is 4.79 Å². The van der Waals surface area contributed by atoms with Crippen molar-refractivity contribution in [3.63, 3.8) is 0 Å². The molecule has 0 bridgehead atoms. The Balaban J connectivity index is 2.09. The molecule has 4 N–H and O–H groups in total. The molecule has 0 aromatic heterocycles. The maximum Gasteiger partial charge on any atom is 0.338 e. The molecule has 0 spiro atoms. The van der Waals surface area contributed by atoms with E-state index in [1.807, 2.05) is 0 Å². The molecule has 0 heterocycles. The van der Waals surface area contributed by atoms with Gasteiger partial charge in [0.2, 0.25) is 5.91 Å². The first-order valence-electron chi connectivity index (χ1n) is 5.98. The van der Waals surface area contributed by atoms with Crippen LogP contribution in [0.3, 0.4) is 0 Å². The summed E-state index contributed by atoms with van der Waals surface area (Å²) in [7, 11) is 0. The minimum Gasteiger partial charge on any atom is -0.457 e. The first kappa shape index (κ1) is 13.6. The molecule has 2 aromatic rings. The van der Waals surface area contributed by atoms with Crippen LogP contribution in [0.5, 0.6) is 0 Å². The molecule has 5 nitrogen and oxygen atoms in total. The molecule has 1 amide bonds. The summed E-state index contributed by atoms with van der Waals surface area (Å²) in [6, 6.07) is 13.2. The van der Waals surface area contributed by atoms with Gasteiger partial charge >= 0.3 is 5.97 Å². The summed E-state index contributed by atoms with van der Waals surface area (Å²) in [5.41, 5.74) is 12.6. The van der Waals surface area contributed by atoms with Crippen molar-refractivity contribution in [3.8, 4) is 0 Å². The Bertz CT molecular complexity index is 653. The van der Waals surface area contributed by atoms with Crippen molar-refractivity contribution in [2.45, 2.75) is 6.61 Å². The molecule has 20 heavy (non-hydrogen) atoms. The van der Waals surface area contributed by atoms with E-state index in [2.05, 4.69) is 0 Å². The second kappa shape index (κ2) is 5.88. The predicted molar refractivity (Wildman–Crippen MR) is 74.9 cm³/mol. The molecule has 102 valence electrons. The van der Waals surface area contributed by atoms with E-state index in [4.69, 9.17) is 16.2 Å². The van der Waals surface area contributed by atoms with Gasteiger partial charge in [0, 0.05) is 16.8 Å². The molecular weight excluding hydrogens is 256 g/mol. The molecule has 0 saturated carbocycles. The maximum absolute atomic E-state index is 11.9. The van der Waals surface area contributed by atoms with Crippen LogP contribution in [0, 0.1) is 0 Å². The summed E-state index contributed by atoms with van der Waals surface area (Å²) in [4.78, 5) is 23.1. The van der Waals surface area contributed by atoms with Crippen molar-refractivity contribution >= 4 is 17.6 Å². The van der Waals surface area contributed by atoms with Crippen molar-refractivity contribution in [1.29, 1.82) is 0 Å². The number of rotatable bonds is 4. The molecule has 0 aliphatic carbocycles. The number of nitrogens with two attached hydrogens (primary N) is 2. The minimum absolute atomic E-state index is 0.0211. The van der Waals surface area contributed by atoms with E-state index in [0.717, 1.165) is 0 Å². The van der Waals surface area contributed by atoms with Crippen molar-refractivity contribution < 1.29 is 14.3 Å². The molecule has 2 aromatic carbocycles. The van der Waals surface area contributed by atoms with Crippen LogP contribution in [0.4, 0.5) is 5.69 Å². The van der Waals surface area contributed by atoms with E-state index in [0.29, 0.717) is 22.4 Å². The van der Waals surface area contributed by atoms with Crippen LogP contribution in [0.15, 0.2) is 48.5 Å². The van der Waals surface area contributed by atoms with Crippen molar-refractivity contribution in [3.05, 3.63) is 65.2 Å². The van der Waals surface area contributed by atoms with E-state index in [1.54, 1.807) is 42.5 Å². The van der Waals surface area contributed by atoms with Crippen LogP contribution >= 0.6 is 0 Å². The van der Waals surface area contributed by atoms with Crippen LogP contribution in [0.25, 0.3) is 0 Å². The predicted octanol–water partition coefficient (Wildman–Crippen LogP) is 1.72. The third-order valence-corrected chi connectivity index (χ3v) is 2.76. The zero-order chi connectivity index (χ0) is 14.5. The second-order valence-electron chi connectivity index (χ2n) is 4.22. The zero-order valence-electron chi connectivity index (χ0n) is 10.7. The Hall–Kier alpha value is -2.82. The first-order chi connectivity index (χ1) is 9.58. The monoisotopic (exact) mass is 270 g/mol. The summed E-state index contributed by atoms with van der Waals surface area (Å²) >= 11 is 0. The number of nitrogen functional groups attached to an aromatic ring is 1. The number of hydrogen-bond donors (Lipinski definition) is 2. The molecule has 0 aliphatic rings. The van der Waals surface area contributed by atoms with Crippen molar-refractivity contribution in [2.75, 3.05) is 5.73 Å². The molecule has 0 radical (unpaired) electrons. The average Bonchev–Trinajstić information content (AvgIpc) is 2.45. The number of carbonyl (C=O) groups excluding carboxylic acids is 2. The average molecular weight is 270 g/mol. The standard InChI is InChI=1S/C15H14N2O3/c16-12-6-3-5-10(8-12)15(19)20-9-11-4-1-2-7-13(11)14(17)18/h1-8H,9,16H2,(H2,17,18). The lowest BCUT2D eigenvalue weighted by Gasteiger charge is -2.08. The number of anilines is 1. The van der Waals surface area contributed by atoms with E-state index in [1.165, 1.54) is 6.07 Å². The third kappa shape index (κ3) is 3.14. The maximum atomic E-state index is 11.9. The van der Waals surface area contributed by atoms with Gasteiger partial charge in [-0.3, -0.25) is 4.79 Å². The number of esters is 1. The van der Waals surface area contributed by atoms with Crippen LogP contribution in [0.1, 0.15) is 26.3 Å². The quantitative estimate of drug-likeness (QED) is 0.653. The number of hydrogen-bond acceptors (Lipinski definition) is 4. The van der Waals surface area contributed by atoms with Crippen LogP contribution < -0.4 is 11.5 Å².